The lowest BCUT2D eigenvalue weighted by Gasteiger charge is -2.41. The Balaban J connectivity index is 0.000000497. The van der Waals surface area contributed by atoms with E-state index in [1.165, 1.54) is 0 Å². The van der Waals surface area contributed by atoms with E-state index in [4.69, 9.17) is 0 Å². The zero-order valence-corrected chi connectivity index (χ0v) is 19.1. The Morgan fingerprint density at radius 1 is 0.875 bits per heavy atom. The molecule has 32 heavy (non-hydrogen) atoms. The van der Waals surface area contributed by atoms with Crippen molar-refractivity contribution in [2.45, 2.75) is 58.2 Å². The van der Waals surface area contributed by atoms with Gasteiger partial charge in [0, 0.05) is 6.42 Å². The Labute approximate surface area is 181 Å². The summed E-state index contributed by atoms with van der Waals surface area (Å²) in [5.74, 6) is -11.1. The SMILES string of the molecule is CCC(F)(F)C(F)(OP(=O)([O-])[O-])C(F)(F)F.CCn1cc[n+](C)c1.CCn1cc[n+](C)c1. The minimum absolute atomic E-state index is 0.462. The molecule has 0 amide bonds. The first kappa shape index (κ1) is 30.1. The van der Waals surface area contributed by atoms with E-state index < -0.39 is 32.2 Å². The number of hydrogen-bond acceptors (Lipinski definition) is 4. The predicted molar refractivity (Wildman–Crippen MR) is 96.4 cm³/mol. The van der Waals surface area contributed by atoms with Crippen LogP contribution in [0.4, 0.5) is 26.3 Å². The van der Waals surface area contributed by atoms with Crippen LogP contribution in [0.25, 0.3) is 0 Å². The van der Waals surface area contributed by atoms with Gasteiger partial charge in [0.15, 0.2) is 0 Å². The van der Waals surface area contributed by atoms with Crippen molar-refractivity contribution in [2.75, 3.05) is 0 Å². The fraction of sp³-hybridized carbons (Fsp3) is 0.647. The summed E-state index contributed by atoms with van der Waals surface area (Å²) in [5, 5.41) is 0. The largest absolute Gasteiger partial charge is 0.790 e. The summed E-state index contributed by atoms with van der Waals surface area (Å²) in [4.78, 5) is 19.7. The normalized spacial score (nSPS) is 14.0. The Morgan fingerprint density at radius 2 is 1.25 bits per heavy atom. The molecule has 0 saturated heterocycles. The highest BCUT2D eigenvalue weighted by molar-refractivity contribution is 7.43. The van der Waals surface area contributed by atoms with Gasteiger partial charge in [0.05, 0.1) is 35.0 Å². The number of rotatable bonds is 6. The van der Waals surface area contributed by atoms with Gasteiger partial charge in [-0.15, -0.1) is 0 Å². The summed E-state index contributed by atoms with van der Waals surface area (Å²) >= 11 is 0. The van der Waals surface area contributed by atoms with Crippen molar-refractivity contribution in [1.82, 2.24) is 9.13 Å². The number of nitrogens with zero attached hydrogens (tertiary/aromatic N) is 4. The number of phosphoric ester groups is 1. The molecule has 2 heterocycles. The van der Waals surface area contributed by atoms with Crippen LogP contribution in [0, 0.1) is 0 Å². The number of halogens is 6. The van der Waals surface area contributed by atoms with Gasteiger partial charge >= 0.3 is 18.0 Å². The van der Waals surface area contributed by atoms with Gasteiger partial charge in [0.1, 0.15) is 24.8 Å². The van der Waals surface area contributed by atoms with Crippen LogP contribution >= 0.6 is 7.82 Å². The molecule has 0 aromatic carbocycles. The van der Waals surface area contributed by atoms with E-state index in [2.05, 4.69) is 52.6 Å². The smallest absolute Gasteiger partial charge is 0.455 e. The first-order valence-electron chi connectivity index (χ1n) is 9.30. The topological polar surface area (TPSA) is 90.0 Å². The fourth-order valence-electron chi connectivity index (χ4n) is 2.08. The van der Waals surface area contributed by atoms with Crippen LogP contribution in [0.15, 0.2) is 37.4 Å². The first-order chi connectivity index (χ1) is 14.4. The quantitative estimate of drug-likeness (QED) is 0.347. The molecule has 2 aromatic heterocycles. The van der Waals surface area contributed by atoms with Crippen molar-refractivity contribution in [1.29, 1.82) is 0 Å². The molecule has 0 fully saturated rings. The summed E-state index contributed by atoms with van der Waals surface area (Å²) in [6.45, 7) is 6.83. The molecule has 1 atom stereocenters. The van der Waals surface area contributed by atoms with Gasteiger partial charge < -0.3 is 18.9 Å². The maximum Gasteiger partial charge on any atom is 0.455 e. The van der Waals surface area contributed by atoms with Crippen LogP contribution in [0.5, 0.6) is 0 Å². The Hall–Kier alpha value is -1.89. The molecule has 1 unspecified atom stereocenters. The predicted octanol–water partition coefficient (Wildman–Crippen LogP) is 1.77. The van der Waals surface area contributed by atoms with Crippen molar-refractivity contribution in [3.05, 3.63) is 37.4 Å². The number of alkyl halides is 6. The van der Waals surface area contributed by atoms with Crippen LogP contribution < -0.4 is 18.9 Å². The number of hydrogen-bond donors (Lipinski definition) is 0. The highest BCUT2D eigenvalue weighted by Crippen LogP contribution is 2.52. The lowest BCUT2D eigenvalue weighted by molar-refractivity contribution is -0.671. The second-order valence-corrected chi connectivity index (χ2v) is 7.59. The Morgan fingerprint density at radius 3 is 1.41 bits per heavy atom. The lowest BCUT2D eigenvalue weighted by Crippen LogP contribution is -2.57. The summed E-state index contributed by atoms with van der Waals surface area (Å²) in [6.07, 6.45) is 4.22. The molecule has 15 heteroatoms. The monoisotopic (exact) mass is 496 g/mol. The molecule has 0 bridgehead atoms. The van der Waals surface area contributed by atoms with E-state index >= 15 is 0 Å². The minimum atomic E-state index is -6.57. The standard InChI is InChI=1S/2C6H11N2.C5H7F6O4P/c2*1-3-8-5-4-7(2)6-8;1-2-3(6,7)4(8,5(9,10)11)15-16(12,13)14/h2*4-6H,3H2,1-2H3;2H2,1H3,(H2,12,13,14)/q2*+1;/p-2. The molecule has 0 radical (unpaired) electrons. The first-order valence-corrected chi connectivity index (χ1v) is 10.8. The third-order valence-electron chi connectivity index (χ3n) is 3.89. The van der Waals surface area contributed by atoms with Crippen LogP contribution in [0.1, 0.15) is 27.2 Å². The zero-order chi connectivity index (χ0) is 25.4. The van der Waals surface area contributed by atoms with Crippen LogP contribution in [-0.4, -0.2) is 27.1 Å². The summed E-state index contributed by atoms with van der Waals surface area (Å²) < 4.78 is 94.4. The molecule has 0 aliphatic rings. The third-order valence-corrected chi connectivity index (χ3v) is 4.37. The average Bonchev–Trinajstić information content (AvgIpc) is 3.28. The number of phosphoric acid groups is 1. The molecule has 0 spiro atoms. The van der Waals surface area contributed by atoms with Gasteiger partial charge in [-0.25, -0.2) is 18.3 Å². The summed E-state index contributed by atoms with van der Waals surface area (Å²) in [5.41, 5.74) is 0. The zero-order valence-electron chi connectivity index (χ0n) is 18.2. The highest BCUT2D eigenvalue weighted by atomic mass is 31.2. The number of aromatic nitrogens is 4. The molecule has 2 aromatic rings. The Kier molecular flexibility index (Phi) is 11.1. The molecular weight excluding hydrogens is 469 g/mol. The van der Waals surface area contributed by atoms with E-state index in [0.29, 0.717) is 6.92 Å². The fourth-order valence-corrected chi connectivity index (χ4v) is 2.63. The van der Waals surface area contributed by atoms with Crippen molar-refractivity contribution in [2.24, 2.45) is 14.1 Å². The van der Waals surface area contributed by atoms with Crippen LogP contribution in [0.2, 0.25) is 0 Å². The number of aryl methyl sites for hydroxylation is 4. The van der Waals surface area contributed by atoms with Crippen molar-refractivity contribution in [3.63, 3.8) is 0 Å². The third kappa shape index (κ3) is 9.31. The second kappa shape index (κ2) is 11.8. The average molecular weight is 496 g/mol. The molecule has 0 aliphatic heterocycles. The minimum Gasteiger partial charge on any atom is -0.790 e. The second-order valence-electron chi connectivity index (χ2n) is 6.51. The molecular formula is C17H27F6N4O4P. The summed E-state index contributed by atoms with van der Waals surface area (Å²) in [7, 11) is -2.53. The van der Waals surface area contributed by atoms with Gasteiger partial charge in [0.2, 0.25) is 12.7 Å². The molecule has 0 saturated carbocycles. The molecule has 0 N–H and O–H groups in total. The van der Waals surface area contributed by atoms with E-state index in [0.717, 1.165) is 13.1 Å². The maximum atomic E-state index is 12.9. The van der Waals surface area contributed by atoms with Crippen molar-refractivity contribution >= 4 is 7.82 Å². The molecule has 0 aliphatic carbocycles. The van der Waals surface area contributed by atoms with Gasteiger partial charge in [0.25, 0.3) is 0 Å². The van der Waals surface area contributed by atoms with Crippen LogP contribution in [0.3, 0.4) is 0 Å². The van der Waals surface area contributed by atoms with E-state index in [-0.39, 0.29) is 0 Å². The molecule has 8 nitrogen and oxygen atoms in total. The van der Waals surface area contributed by atoms with Crippen molar-refractivity contribution < 1.29 is 54.4 Å². The van der Waals surface area contributed by atoms with Gasteiger partial charge in [-0.3, -0.25) is 0 Å². The molecule has 2 rings (SSSR count). The Bertz CT molecular complexity index is 827. The number of imidazole rings is 2. The van der Waals surface area contributed by atoms with Crippen LogP contribution in [-0.2, 0) is 36.3 Å². The highest BCUT2D eigenvalue weighted by Gasteiger charge is 2.72. The maximum absolute atomic E-state index is 12.9. The lowest BCUT2D eigenvalue weighted by atomic mass is 10.1. The molecule has 186 valence electrons. The van der Waals surface area contributed by atoms with Gasteiger partial charge in [-0.1, -0.05) is 6.92 Å². The van der Waals surface area contributed by atoms with E-state index in [1.807, 2.05) is 35.6 Å². The van der Waals surface area contributed by atoms with Gasteiger partial charge in [-0.2, -0.15) is 26.3 Å². The van der Waals surface area contributed by atoms with E-state index in [1.54, 1.807) is 0 Å². The van der Waals surface area contributed by atoms with E-state index in [9.17, 15) is 40.7 Å². The van der Waals surface area contributed by atoms with Gasteiger partial charge in [-0.05, 0) is 13.8 Å². The summed E-state index contributed by atoms with van der Waals surface area (Å²) in [6, 6.07) is 0. The van der Waals surface area contributed by atoms with Crippen molar-refractivity contribution in [3.8, 4) is 0 Å².